The van der Waals surface area contributed by atoms with Crippen LogP contribution in [0, 0.1) is 0 Å². The average molecular weight is 200 g/mol. The first kappa shape index (κ1) is 11.1. The van der Waals surface area contributed by atoms with Crippen LogP contribution in [0.25, 0.3) is 11.1 Å². The van der Waals surface area contributed by atoms with Gasteiger partial charge in [0.15, 0.2) is 0 Å². The molecule has 0 saturated carbocycles. The van der Waals surface area contributed by atoms with Crippen LogP contribution in [0.4, 0.5) is 11.4 Å². The average Bonchev–Trinajstić information content (AvgIpc) is 2.23. The molecule has 0 aliphatic rings. The van der Waals surface area contributed by atoms with Crippen LogP contribution in [0.1, 0.15) is 7.43 Å². The van der Waals surface area contributed by atoms with Gasteiger partial charge in [0.2, 0.25) is 0 Å². The standard InChI is InChI=1S/C12H12N2.CH4/c13-11-7-6-10(8-12(11)14)9-4-2-1-3-5-9;/h1-8H,13-14H2;1H4. The lowest BCUT2D eigenvalue weighted by atomic mass is 10.0. The summed E-state index contributed by atoms with van der Waals surface area (Å²) in [5.41, 5.74) is 14.9. The van der Waals surface area contributed by atoms with E-state index in [0.717, 1.165) is 11.1 Å². The smallest absolute Gasteiger partial charge is 0.0554 e. The number of benzene rings is 2. The molecule has 2 heteroatoms. The predicted molar refractivity (Wildman–Crippen MR) is 67.4 cm³/mol. The molecule has 2 nitrogen and oxygen atoms in total. The molecule has 2 rings (SSSR count). The Morgan fingerprint density at radius 3 is 1.93 bits per heavy atom. The largest absolute Gasteiger partial charge is 0.397 e. The van der Waals surface area contributed by atoms with Gasteiger partial charge in [0.25, 0.3) is 0 Å². The summed E-state index contributed by atoms with van der Waals surface area (Å²) < 4.78 is 0. The molecule has 4 N–H and O–H groups in total. The summed E-state index contributed by atoms with van der Waals surface area (Å²) in [6, 6.07) is 15.8. The monoisotopic (exact) mass is 200 g/mol. The van der Waals surface area contributed by atoms with E-state index in [1.165, 1.54) is 0 Å². The Morgan fingerprint density at radius 2 is 1.33 bits per heavy atom. The normalized spacial score (nSPS) is 9.33. The number of hydrogen-bond acceptors (Lipinski definition) is 2. The Hall–Kier alpha value is -1.96. The minimum absolute atomic E-state index is 0. The van der Waals surface area contributed by atoms with Crippen molar-refractivity contribution in [2.45, 2.75) is 7.43 Å². The van der Waals surface area contributed by atoms with Crippen LogP contribution in [-0.4, -0.2) is 0 Å². The molecule has 2 aromatic carbocycles. The van der Waals surface area contributed by atoms with E-state index in [4.69, 9.17) is 11.5 Å². The Kier molecular flexibility index (Phi) is 3.34. The maximum Gasteiger partial charge on any atom is 0.0554 e. The summed E-state index contributed by atoms with van der Waals surface area (Å²) in [5.74, 6) is 0. The van der Waals surface area contributed by atoms with Crippen molar-refractivity contribution < 1.29 is 0 Å². The van der Waals surface area contributed by atoms with Gasteiger partial charge in [-0.25, -0.2) is 0 Å². The Labute approximate surface area is 90.5 Å². The molecule has 0 radical (unpaired) electrons. The highest BCUT2D eigenvalue weighted by Gasteiger charge is 1.98. The molecule has 78 valence electrons. The minimum atomic E-state index is 0. The zero-order chi connectivity index (χ0) is 9.97. The van der Waals surface area contributed by atoms with Gasteiger partial charge in [-0.3, -0.25) is 0 Å². The van der Waals surface area contributed by atoms with Crippen molar-refractivity contribution in [1.82, 2.24) is 0 Å². The lowest BCUT2D eigenvalue weighted by Gasteiger charge is -2.04. The van der Waals surface area contributed by atoms with E-state index in [1.807, 2.05) is 48.5 Å². The number of hydrogen-bond donors (Lipinski definition) is 2. The molecule has 15 heavy (non-hydrogen) atoms. The van der Waals surface area contributed by atoms with Crippen LogP contribution >= 0.6 is 0 Å². The quantitative estimate of drug-likeness (QED) is 0.695. The molecule has 2 aromatic rings. The molecule has 0 bridgehead atoms. The molecular weight excluding hydrogens is 184 g/mol. The second-order valence-corrected chi connectivity index (χ2v) is 3.21. The van der Waals surface area contributed by atoms with Gasteiger partial charge in [-0.05, 0) is 23.3 Å². The Morgan fingerprint density at radius 1 is 0.667 bits per heavy atom. The van der Waals surface area contributed by atoms with Crippen LogP contribution in [0.3, 0.4) is 0 Å². The van der Waals surface area contributed by atoms with Crippen molar-refractivity contribution in [3.05, 3.63) is 48.5 Å². The number of nitrogen functional groups attached to an aromatic ring is 2. The summed E-state index contributed by atoms with van der Waals surface area (Å²) in [6.45, 7) is 0. The zero-order valence-corrected chi connectivity index (χ0v) is 7.77. The molecule has 0 aliphatic heterocycles. The van der Waals surface area contributed by atoms with Crippen molar-refractivity contribution in [2.75, 3.05) is 11.5 Å². The second-order valence-electron chi connectivity index (χ2n) is 3.21. The first-order chi connectivity index (χ1) is 6.77. The minimum Gasteiger partial charge on any atom is -0.397 e. The van der Waals surface area contributed by atoms with Gasteiger partial charge >= 0.3 is 0 Å². The Balaban J connectivity index is 0.00000112. The fraction of sp³-hybridized carbons (Fsp3) is 0.0769. The lowest BCUT2D eigenvalue weighted by molar-refractivity contribution is 1.61. The van der Waals surface area contributed by atoms with Crippen LogP contribution in [0.5, 0.6) is 0 Å². The third-order valence-corrected chi connectivity index (χ3v) is 2.19. The van der Waals surface area contributed by atoms with Crippen molar-refractivity contribution in [2.24, 2.45) is 0 Å². The summed E-state index contributed by atoms with van der Waals surface area (Å²) >= 11 is 0. The molecule has 0 unspecified atom stereocenters. The fourth-order valence-electron chi connectivity index (χ4n) is 1.38. The van der Waals surface area contributed by atoms with Gasteiger partial charge in [0.05, 0.1) is 11.4 Å². The van der Waals surface area contributed by atoms with Crippen molar-refractivity contribution in [3.8, 4) is 11.1 Å². The number of anilines is 2. The van der Waals surface area contributed by atoms with Gasteiger partial charge in [-0.15, -0.1) is 0 Å². The molecule has 0 fully saturated rings. The van der Waals surface area contributed by atoms with E-state index in [9.17, 15) is 0 Å². The third-order valence-electron chi connectivity index (χ3n) is 2.19. The van der Waals surface area contributed by atoms with E-state index < -0.39 is 0 Å². The topological polar surface area (TPSA) is 52.0 Å². The highest BCUT2D eigenvalue weighted by molar-refractivity contribution is 5.74. The van der Waals surface area contributed by atoms with Crippen molar-refractivity contribution in [1.29, 1.82) is 0 Å². The molecule has 0 amide bonds. The van der Waals surface area contributed by atoms with E-state index in [2.05, 4.69) is 0 Å². The van der Waals surface area contributed by atoms with E-state index in [-0.39, 0.29) is 7.43 Å². The van der Waals surface area contributed by atoms with Crippen LogP contribution in [0.2, 0.25) is 0 Å². The molecule has 0 saturated heterocycles. The van der Waals surface area contributed by atoms with Crippen LogP contribution < -0.4 is 11.5 Å². The lowest BCUT2D eigenvalue weighted by Crippen LogP contribution is -1.94. The molecule has 0 spiro atoms. The summed E-state index contributed by atoms with van der Waals surface area (Å²) in [6.07, 6.45) is 0. The van der Waals surface area contributed by atoms with Crippen molar-refractivity contribution in [3.63, 3.8) is 0 Å². The molecule has 0 aliphatic carbocycles. The number of rotatable bonds is 1. The SMILES string of the molecule is C.Nc1ccc(-c2ccccc2)cc1N. The fourth-order valence-corrected chi connectivity index (χ4v) is 1.38. The maximum absolute atomic E-state index is 5.73. The molecule has 0 aromatic heterocycles. The first-order valence-electron chi connectivity index (χ1n) is 4.48. The highest BCUT2D eigenvalue weighted by Crippen LogP contribution is 2.24. The van der Waals surface area contributed by atoms with Crippen molar-refractivity contribution >= 4 is 11.4 Å². The molecular formula is C13H16N2. The molecule has 0 atom stereocenters. The van der Waals surface area contributed by atoms with Gasteiger partial charge in [-0.1, -0.05) is 43.8 Å². The predicted octanol–water partition coefficient (Wildman–Crippen LogP) is 3.15. The van der Waals surface area contributed by atoms with Gasteiger partial charge in [0, 0.05) is 0 Å². The third kappa shape index (κ3) is 2.29. The summed E-state index contributed by atoms with van der Waals surface area (Å²) in [7, 11) is 0. The van der Waals surface area contributed by atoms with E-state index in [0.29, 0.717) is 11.4 Å². The molecule has 0 heterocycles. The summed E-state index contributed by atoms with van der Waals surface area (Å²) in [5, 5.41) is 0. The highest BCUT2D eigenvalue weighted by atomic mass is 14.7. The zero-order valence-electron chi connectivity index (χ0n) is 7.77. The van der Waals surface area contributed by atoms with Gasteiger partial charge < -0.3 is 11.5 Å². The number of nitrogens with two attached hydrogens (primary N) is 2. The van der Waals surface area contributed by atoms with Gasteiger partial charge in [0.1, 0.15) is 0 Å². The second kappa shape index (κ2) is 4.51. The summed E-state index contributed by atoms with van der Waals surface area (Å²) in [4.78, 5) is 0. The van der Waals surface area contributed by atoms with E-state index in [1.54, 1.807) is 0 Å². The van der Waals surface area contributed by atoms with Crippen LogP contribution in [0.15, 0.2) is 48.5 Å². The maximum atomic E-state index is 5.73. The first-order valence-corrected chi connectivity index (χ1v) is 4.48. The van der Waals surface area contributed by atoms with Crippen LogP contribution in [-0.2, 0) is 0 Å². The van der Waals surface area contributed by atoms with Gasteiger partial charge in [-0.2, -0.15) is 0 Å². The van der Waals surface area contributed by atoms with E-state index >= 15 is 0 Å². The Bertz CT molecular complexity index is 436.